The molecule has 140 valence electrons. The number of allylic oxidation sites excluding steroid dienone is 2. The molecule has 2 unspecified atom stereocenters. The number of anilines is 1. The molecule has 0 aromatic heterocycles. The van der Waals surface area contributed by atoms with Crippen molar-refractivity contribution in [3.63, 3.8) is 0 Å². The Morgan fingerprint density at radius 2 is 2.04 bits per heavy atom. The highest BCUT2D eigenvalue weighted by Gasteiger charge is 2.39. The molecule has 7 heteroatoms. The molecule has 27 heavy (non-hydrogen) atoms. The number of ether oxygens (including phenoxy) is 2. The molecule has 1 aliphatic carbocycles. The molecule has 2 aromatic carbocycles. The van der Waals surface area contributed by atoms with Gasteiger partial charge in [0.2, 0.25) is 0 Å². The number of nitro groups is 1. The molecule has 0 saturated heterocycles. The van der Waals surface area contributed by atoms with Crippen LogP contribution in [-0.2, 0) is 0 Å². The van der Waals surface area contributed by atoms with E-state index in [1.54, 1.807) is 32.4 Å². The number of nitrogens with zero attached hydrogens (tertiary/aromatic N) is 1. The second-order valence-electron chi connectivity index (χ2n) is 6.74. The van der Waals surface area contributed by atoms with E-state index in [0.717, 1.165) is 27.7 Å². The molecule has 1 aliphatic heterocycles. The quantitative estimate of drug-likeness (QED) is 0.409. The molecule has 0 fully saturated rings. The fourth-order valence-corrected chi connectivity index (χ4v) is 4.76. The van der Waals surface area contributed by atoms with Crippen molar-refractivity contribution in [3.05, 3.63) is 68.2 Å². The number of halogens is 1. The molecule has 3 atom stereocenters. The summed E-state index contributed by atoms with van der Waals surface area (Å²) < 4.78 is 11.7. The molecule has 1 heterocycles. The van der Waals surface area contributed by atoms with Crippen LogP contribution >= 0.6 is 15.9 Å². The van der Waals surface area contributed by atoms with Crippen LogP contribution in [0.2, 0.25) is 0 Å². The largest absolute Gasteiger partial charge is 0.493 e. The first-order chi connectivity index (χ1) is 13.0. The minimum Gasteiger partial charge on any atom is -0.493 e. The Kier molecular flexibility index (Phi) is 4.55. The Balaban J connectivity index is 1.78. The van der Waals surface area contributed by atoms with Gasteiger partial charge in [-0.1, -0.05) is 12.2 Å². The Morgan fingerprint density at radius 3 is 2.74 bits per heavy atom. The molecule has 0 bridgehead atoms. The Labute approximate surface area is 165 Å². The van der Waals surface area contributed by atoms with Gasteiger partial charge in [0, 0.05) is 23.7 Å². The lowest BCUT2D eigenvalue weighted by atomic mass is 9.77. The maximum absolute atomic E-state index is 11.2. The highest BCUT2D eigenvalue weighted by atomic mass is 79.9. The van der Waals surface area contributed by atoms with Crippen molar-refractivity contribution in [2.24, 2.45) is 5.92 Å². The van der Waals surface area contributed by atoms with Crippen LogP contribution in [0.4, 0.5) is 11.4 Å². The average Bonchev–Trinajstić information content (AvgIpc) is 3.16. The summed E-state index contributed by atoms with van der Waals surface area (Å²) in [7, 11) is 3.23. The van der Waals surface area contributed by atoms with E-state index in [-0.39, 0.29) is 28.5 Å². The summed E-state index contributed by atoms with van der Waals surface area (Å²) in [5, 5.41) is 14.8. The second kappa shape index (κ2) is 6.88. The van der Waals surface area contributed by atoms with E-state index in [2.05, 4.69) is 33.4 Å². The number of hydrogen-bond acceptors (Lipinski definition) is 5. The van der Waals surface area contributed by atoms with Gasteiger partial charge in [-0.3, -0.25) is 10.1 Å². The van der Waals surface area contributed by atoms with E-state index in [1.807, 2.05) is 12.1 Å². The highest BCUT2D eigenvalue weighted by Crippen LogP contribution is 2.51. The monoisotopic (exact) mass is 430 g/mol. The third kappa shape index (κ3) is 2.96. The molecule has 0 spiro atoms. The van der Waals surface area contributed by atoms with E-state index >= 15 is 0 Å². The number of hydrogen-bond donors (Lipinski definition) is 1. The zero-order valence-corrected chi connectivity index (χ0v) is 16.5. The van der Waals surface area contributed by atoms with Crippen molar-refractivity contribution < 1.29 is 14.4 Å². The van der Waals surface area contributed by atoms with E-state index in [4.69, 9.17) is 9.47 Å². The molecule has 2 aromatic rings. The summed E-state index contributed by atoms with van der Waals surface area (Å²) in [6.07, 6.45) is 5.24. The van der Waals surface area contributed by atoms with Crippen LogP contribution in [0.25, 0.3) is 0 Å². The second-order valence-corrected chi connectivity index (χ2v) is 7.60. The first-order valence-corrected chi connectivity index (χ1v) is 9.45. The lowest BCUT2D eigenvalue weighted by Gasteiger charge is -2.37. The van der Waals surface area contributed by atoms with Crippen LogP contribution in [-0.4, -0.2) is 19.1 Å². The average molecular weight is 431 g/mol. The van der Waals surface area contributed by atoms with Crippen LogP contribution in [0.15, 0.2) is 47.0 Å². The lowest BCUT2D eigenvalue weighted by molar-refractivity contribution is -0.384. The summed E-state index contributed by atoms with van der Waals surface area (Å²) in [6.45, 7) is 0. The third-order valence-corrected chi connectivity index (χ3v) is 5.96. The zero-order chi connectivity index (χ0) is 19.1. The van der Waals surface area contributed by atoms with Crippen LogP contribution in [0.1, 0.15) is 29.5 Å². The van der Waals surface area contributed by atoms with Gasteiger partial charge in [0.25, 0.3) is 5.69 Å². The minimum absolute atomic E-state index is 0.0649. The fourth-order valence-electron chi connectivity index (χ4n) is 4.14. The minimum atomic E-state index is -0.342. The summed E-state index contributed by atoms with van der Waals surface area (Å²) in [6, 6.07) is 9.15. The third-order valence-electron chi connectivity index (χ3n) is 5.37. The topological polar surface area (TPSA) is 73.6 Å². The number of rotatable bonds is 4. The van der Waals surface area contributed by atoms with E-state index in [9.17, 15) is 10.1 Å². The Morgan fingerprint density at radius 1 is 1.22 bits per heavy atom. The predicted octanol–water partition coefficient (Wildman–Crippen LogP) is 5.20. The molecule has 6 nitrogen and oxygen atoms in total. The first kappa shape index (κ1) is 17.9. The molecule has 1 N–H and O–H groups in total. The lowest BCUT2D eigenvalue weighted by Crippen LogP contribution is -2.29. The van der Waals surface area contributed by atoms with Gasteiger partial charge in [0.15, 0.2) is 11.5 Å². The van der Waals surface area contributed by atoms with Gasteiger partial charge in [0.05, 0.1) is 29.7 Å². The maximum Gasteiger partial charge on any atom is 0.269 e. The number of nitro benzene ring substituents is 1. The van der Waals surface area contributed by atoms with Crippen molar-refractivity contribution >= 4 is 27.3 Å². The number of fused-ring (bicyclic) bond motifs is 3. The summed E-state index contributed by atoms with van der Waals surface area (Å²) in [5.74, 6) is 1.76. The number of benzene rings is 2. The molecule has 2 aliphatic rings. The van der Waals surface area contributed by atoms with Crippen molar-refractivity contribution in [1.29, 1.82) is 0 Å². The summed E-state index contributed by atoms with van der Waals surface area (Å²) in [5.41, 5.74) is 3.13. The highest BCUT2D eigenvalue weighted by molar-refractivity contribution is 9.10. The molecule has 0 amide bonds. The van der Waals surface area contributed by atoms with E-state index in [1.165, 1.54) is 0 Å². The van der Waals surface area contributed by atoms with E-state index < -0.39 is 0 Å². The smallest absolute Gasteiger partial charge is 0.269 e. The van der Waals surface area contributed by atoms with Crippen LogP contribution in [0, 0.1) is 16.0 Å². The van der Waals surface area contributed by atoms with Gasteiger partial charge in [0.1, 0.15) is 0 Å². The number of methoxy groups -OCH3 is 2. The fraction of sp³-hybridized carbons (Fsp3) is 0.300. The van der Waals surface area contributed by atoms with Gasteiger partial charge in [-0.05, 0) is 57.6 Å². The van der Waals surface area contributed by atoms with Crippen LogP contribution in [0.5, 0.6) is 11.5 Å². The molecule has 0 saturated carbocycles. The molecule has 0 radical (unpaired) electrons. The maximum atomic E-state index is 11.2. The number of nitrogens with one attached hydrogen (secondary N) is 1. The predicted molar refractivity (Wildman–Crippen MR) is 107 cm³/mol. The SMILES string of the molecule is COc1cc([C@H]2Nc3ccc([N+](=O)[O-])cc3C3C=CCC32)cc(Br)c1OC. The molecular formula is C20H19BrN2O4. The summed E-state index contributed by atoms with van der Waals surface area (Å²) >= 11 is 3.57. The Bertz CT molecular complexity index is 944. The normalized spacial score (nSPS) is 22.6. The molecule has 4 rings (SSSR count). The zero-order valence-electron chi connectivity index (χ0n) is 14.9. The van der Waals surface area contributed by atoms with Gasteiger partial charge in [-0.25, -0.2) is 0 Å². The molecular weight excluding hydrogens is 412 g/mol. The first-order valence-electron chi connectivity index (χ1n) is 8.66. The summed E-state index contributed by atoms with van der Waals surface area (Å²) in [4.78, 5) is 10.8. The standard InChI is InChI=1S/C20H19BrN2O4/c1-26-18-9-11(8-16(21)20(18)27-2)19-14-5-3-4-13(14)15-10-12(23(24)25)6-7-17(15)22-19/h3-4,6-10,13-14,19,22H,5H2,1-2H3/t13?,14?,19-/m1/s1. The van der Waals surface area contributed by atoms with Gasteiger partial charge < -0.3 is 14.8 Å². The number of non-ortho nitro benzene ring substituents is 1. The Hall–Kier alpha value is -2.54. The van der Waals surface area contributed by atoms with Crippen LogP contribution in [0.3, 0.4) is 0 Å². The van der Waals surface area contributed by atoms with Gasteiger partial charge >= 0.3 is 0 Å². The van der Waals surface area contributed by atoms with E-state index in [0.29, 0.717) is 11.5 Å². The van der Waals surface area contributed by atoms with Crippen LogP contribution < -0.4 is 14.8 Å². The van der Waals surface area contributed by atoms with Crippen molar-refractivity contribution in [1.82, 2.24) is 0 Å². The van der Waals surface area contributed by atoms with Gasteiger partial charge in [-0.2, -0.15) is 0 Å². The van der Waals surface area contributed by atoms with Crippen molar-refractivity contribution in [3.8, 4) is 11.5 Å². The van der Waals surface area contributed by atoms with Crippen molar-refractivity contribution in [2.75, 3.05) is 19.5 Å². The van der Waals surface area contributed by atoms with Crippen molar-refractivity contribution in [2.45, 2.75) is 18.4 Å². The van der Waals surface area contributed by atoms with Gasteiger partial charge in [-0.15, -0.1) is 0 Å².